The molecule has 1 N–H and O–H groups in total. The van der Waals surface area contributed by atoms with Gasteiger partial charge in [0, 0.05) is 20.2 Å². The summed E-state index contributed by atoms with van der Waals surface area (Å²) in [7, 11) is 1.64. The van der Waals surface area contributed by atoms with Crippen LogP contribution in [0.2, 0.25) is 0 Å². The number of carboxylic acid groups (broad SMARTS) is 1. The summed E-state index contributed by atoms with van der Waals surface area (Å²) in [6, 6.07) is 0. The number of piperidine rings is 1. The van der Waals surface area contributed by atoms with Crippen molar-refractivity contribution in [3.63, 3.8) is 0 Å². The molecule has 21 heavy (non-hydrogen) atoms. The number of hydrogen-bond acceptors (Lipinski definition) is 5. The Balaban J connectivity index is 2.13. The zero-order valence-electron chi connectivity index (χ0n) is 13.3. The molecule has 6 heteroatoms. The monoisotopic (exact) mass is 303 g/mol. The van der Waals surface area contributed by atoms with Crippen molar-refractivity contribution in [1.29, 1.82) is 0 Å². The van der Waals surface area contributed by atoms with Crippen LogP contribution < -0.4 is 0 Å². The quantitative estimate of drug-likeness (QED) is 0.579. The van der Waals surface area contributed by atoms with E-state index in [-0.39, 0.29) is 0 Å². The van der Waals surface area contributed by atoms with Gasteiger partial charge in [-0.2, -0.15) is 0 Å². The van der Waals surface area contributed by atoms with Crippen molar-refractivity contribution >= 4 is 5.97 Å². The minimum absolute atomic E-state index is 0.565. The number of likely N-dealkylation sites (tertiary alicyclic amines) is 1. The minimum Gasteiger partial charge on any atom is -0.481 e. The van der Waals surface area contributed by atoms with Crippen molar-refractivity contribution in [3.05, 3.63) is 0 Å². The van der Waals surface area contributed by atoms with Crippen LogP contribution in [0.25, 0.3) is 0 Å². The summed E-state index contributed by atoms with van der Waals surface area (Å²) in [6.07, 6.45) is 2.41. The lowest BCUT2D eigenvalue weighted by Crippen LogP contribution is -2.48. The first-order chi connectivity index (χ1) is 10.1. The molecule has 6 nitrogen and oxygen atoms in total. The van der Waals surface area contributed by atoms with Crippen LogP contribution in [0.15, 0.2) is 0 Å². The number of carboxylic acids is 1. The minimum atomic E-state index is -0.665. The fraction of sp³-hybridized carbons (Fsp3) is 0.933. The summed E-state index contributed by atoms with van der Waals surface area (Å²) in [5.74, 6) is -0.665. The van der Waals surface area contributed by atoms with Crippen LogP contribution in [0.3, 0.4) is 0 Å². The van der Waals surface area contributed by atoms with Gasteiger partial charge in [0.2, 0.25) is 0 Å². The summed E-state index contributed by atoms with van der Waals surface area (Å²) in [6.45, 7) is 7.28. The van der Waals surface area contributed by atoms with Crippen LogP contribution in [-0.4, -0.2) is 75.8 Å². The largest absolute Gasteiger partial charge is 0.481 e. The average molecular weight is 303 g/mol. The summed E-state index contributed by atoms with van der Waals surface area (Å²) < 4.78 is 15.7. The topological polar surface area (TPSA) is 68.2 Å². The summed E-state index contributed by atoms with van der Waals surface area (Å²) in [5, 5.41) is 9.43. The van der Waals surface area contributed by atoms with Gasteiger partial charge < -0.3 is 19.3 Å². The van der Waals surface area contributed by atoms with E-state index in [4.69, 9.17) is 14.2 Å². The Kier molecular flexibility index (Phi) is 8.84. The molecule has 1 atom stereocenters. The molecule has 1 rings (SSSR count). The van der Waals surface area contributed by atoms with Crippen molar-refractivity contribution in [2.24, 2.45) is 5.41 Å². The predicted molar refractivity (Wildman–Crippen MR) is 79.5 cm³/mol. The molecule has 0 aliphatic carbocycles. The van der Waals surface area contributed by atoms with Gasteiger partial charge in [-0.15, -0.1) is 0 Å². The molecule has 0 aromatic heterocycles. The smallest absolute Gasteiger partial charge is 0.310 e. The van der Waals surface area contributed by atoms with Gasteiger partial charge in [-0.25, -0.2) is 0 Å². The highest BCUT2D eigenvalue weighted by molar-refractivity contribution is 5.75. The van der Waals surface area contributed by atoms with Crippen molar-refractivity contribution in [2.45, 2.75) is 26.2 Å². The fourth-order valence-corrected chi connectivity index (χ4v) is 2.69. The molecule has 0 radical (unpaired) electrons. The van der Waals surface area contributed by atoms with E-state index in [0.717, 1.165) is 25.9 Å². The zero-order valence-corrected chi connectivity index (χ0v) is 13.3. The summed E-state index contributed by atoms with van der Waals surface area (Å²) in [4.78, 5) is 13.7. The van der Waals surface area contributed by atoms with Gasteiger partial charge in [0.05, 0.1) is 38.4 Å². The number of nitrogens with zero attached hydrogens (tertiary/aromatic N) is 1. The van der Waals surface area contributed by atoms with Gasteiger partial charge in [0.15, 0.2) is 0 Å². The number of rotatable bonds is 11. The Morgan fingerprint density at radius 3 is 2.48 bits per heavy atom. The molecule has 0 amide bonds. The van der Waals surface area contributed by atoms with Gasteiger partial charge in [-0.1, -0.05) is 6.92 Å². The SMILES string of the molecule is CCC1(C(=O)O)CCCN(CCOCCOCCOC)C1. The van der Waals surface area contributed by atoms with Crippen LogP contribution in [0.5, 0.6) is 0 Å². The Labute approximate surface area is 127 Å². The maximum Gasteiger partial charge on any atom is 0.310 e. The van der Waals surface area contributed by atoms with Gasteiger partial charge in [-0.3, -0.25) is 9.69 Å². The Hall–Kier alpha value is -0.690. The predicted octanol–water partition coefficient (Wildman–Crippen LogP) is 1.24. The van der Waals surface area contributed by atoms with E-state index in [0.29, 0.717) is 46.0 Å². The molecule has 1 fully saturated rings. The van der Waals surface area contributed by atoms with E-state index in [1.807, 2.05) is 6.92 Å². The zero-order chi connectivity index (χ0) is 15.6. The van der Waals surface area contributed by atoms with Gasteiger partial charge in [0.1, 0.15) is 0 Å². The van der Waals surface area contributed by atoms with E-state index < -0.39 is 11.4 Å². The molecule has 1 unspecified atom stereocenters. The average Bonchev–Trinajstić information content (AvgIpc) is 2.50. The van der Waals surface area contributed by atoms with Crippen molar-refractivity contribution in [1.82, 2.24) is 4.90 Å². The third-order valence-electron chi connectivity index (χ3n) is 4.14. The van der Waals surface area contributed by atoms with Crippen molar-refractivity contribution in [2.75, 3.05) is 59.8 Å². The van der Waals surface area contributed by atoms with Crippen LogP contribution >= 0.6 is 0 Å². The van der Waals surface area contributed by atoms with E-state index in [1.54, 1.807) is 7.11 Å². The Morgan fingerprint density at radius 1 is 1.19 bits per heavy atom. The Morgan fingerprint density at radius 2 is 1.86 bits per heavy atom. The second-order valence-corrected chi connectivity index (χ2v) is 5.54. The molecular formula is C15H29NO5. The number of hydrogen-bond donors (Lipinski definition) is 1. The highest BCUT2D eigenvalue weighted by atomic mass is 16.5. The first-order valence-electron chi connectivity index (χ1n) is 7.75. The standard InChI is InChI=1S/C15H29NO5/c1-3-15(14(17)18)5-4-6-16(13-15)7-8-20-11-12-21-10-9-19-2/h3-13H2,1-2H3,(H,17,18). The Bertz CT molecular complexity index is 300. The highest BCUT2D eigenvalue weighted by Crippen LogP contribution is 2.33. The van der Waals surface area contributed by atoms with Gasteiger partial charge in [-0.05, 0) is 25.8 Å². The van der Waals surface area contributed by atoms with Crippen LogP contribution in [0.1, 0.15) is 26.2 Å². The van der Waals surface area contributed by atoms with E-state index in [2.05, 4.69) is 4.90 Å². The lowest BCUT2D eigenvalue weighted by atomic mass is 9.78. The highest BCUT2D eigenvalue weighted by Gasteiger charge is 2.40. The van der Waals surface area contributed by atoms with E-state index >= 15 is 0 Å². The molecule has 1 aliphatic heterocycles. The summed E-state index contributed by atoms with van der Waals surface area (Å²) >= 11 is 0. The normalized spacial score (nSPS) is 23.3. The van der Waals surface area contributed by atoms with Crippen LogP contribution in [0, 0.1) is 5.41 Å². The molecule has 1 aliphatic rings. The third-order valence-corrected chi connectivity index (χ3v) is 4.14. The number of methoxy groups -OCH3 is 1. The number of aliphatic carboxylic acids is 1. The van der Waals surface area contributed by atoms with Crippen molar-refractivity contribution in [3.8, 4) is 0 Å². The number of ether oxygens (including phenoxy) is 3. The molecule has 1 saturated heterocycles. The molecule has 0 saturated carbocycles. The summed E-state index contributed by atoms with van der Waals surface area (Å²) in [5.41, 5.74) is -0.568. The molecule has 0 bridgehead atoms. The molecule has 124 valence electrons. The first-order valence-corrected chi connectivity index (χ1v) is 7.75. The van der Waals surface area contributed by atoms with E-state index in [9.17, 15) is 9.90 Å². The second-order valence-electron chi connectivity index (χ2n) is 5.54. The van der Waals surface area contributed by atoms with Crippen LogP contribution in [0.4, 0.5) is 0 Å². The molecule has 1 heterocycles. The van der Waals surface area contributed by atoms with Gasteiger partial charge in [0.25, 0.3) is 0 Å². The molecule has 0 aromatic carbocycles. The van der Waals surface area contributed by atoms with Gasteiger partial charge >= 0.3 is 5.97 Å². The van der Waals surface area contributed by atoms with Crippen LogP contribution in [-0.2, 0) is 19.0 Å². The molecule has 0 aromatic rings. The fourth-order valence-electron chi connectivity index (χ4n) is 2.69. The lowest BCUT2D eigenvalue weighted by molar-refractivity contribution is -0.153. The molecular weight excluding hydrogens is 274 g/mol. The first kappa shape index (κ1) is 18.4. The number of carbonyl (C=O) groups is 1. The molecule has 0 spiro atoms. The third kappa shape index (κ3) is 6.30. The second kappa shape index (κ2) is 10.1. The van der Waals surface area contributed by atoms with Crippen molar-refractivity contribution < 1.29 is 24.1 Å². The maximum atomic E-state index is 11.5. The van der Waals surface area contributed by atoms with E-state index in [1.165, 1.54) is 0 Å². The lowest BCUT2D eigenvalue weighted by Gasteiger charge is -2.39. The maximum absolute atomic E-state index is 11.5.